The maximum atomic E-state index is 11.8. The van der Waals surface area contributed by atoms with Gasteiger partial charge in [0.05, 0.1) is 12.4 Å². The summed E-state index contributed by atoms with van der Waals surface area (Å²) in [7, 11) is 1.62. The van der Waals surface area contributed by atoms with Gasteiger partial charge in [0.1, 0.15) is 5.82 Å². The number of amides is 1. The highest BCUT2D eigenvalue weighted by molar-refractivity contribution is 7.99. The number of nitrogens with one attached hydrogen (secondary N) is 1. The molecule has 1 heterocycles. The number of benzene rings is 1. The highest BCUT2D eigenvalue weighted by Gasteiger charge is 2.13. The molecular weight excluding hydrogens is 336 g/mol. The van der Waals surface area contributed by atoms with Crippen molar-refractivity contribution >= 4 is 17.7 Å². The third-order valence-electron chi connectivity index (χ3n) is 3.68. The number of methoxy groups -OCH3 is 1. The molecule has 1 amide bonds. The first-order valence-corrected chi connectivity index (χ1v) is 9.57. The molecule has 7 heteroatoms. The maximum absolute atomic E-state index is 11.8. The van der Waals surface area contributed by atoms with Gasteiger partial charge in [0.15, 0.2) is 5.16 Å². The number of aromatic nitrogens is 3. The Morgan fingerprint density at radius 3 is 2.76 bits per heavy atom. The molecule has 0 radical (unpaired) electrons. The van der Waals surface area contributed by atoms with Crippen LogP contribution in [0.3, 0.4) is 0 Å². The van der Waals surface area contributed by atoms with E-state index in [9.17, 15) is 4.79 Å². The van der Waals surface area contributed by atoms with Gasteiger partial charge in [0.25, 0.3) is 0 Å². The molecule has 0 unspecified atom stereocenters. The molecule has 2 aromatic rings. The molecule has 0 bridgehead atoms. The smallest absolute Gasteiger partial charge is 0.230 e. The highest BCUT2D eigenvalue weighted by Crippen LogP contribution is 2.18. The summed E-state index contributed by atoms with van der Waals surface area (Å²) < 4.78 is 7.06. The number of carbonyl (C=O) groups is 1. The van der Waals surface area contributed by atoms with Crippen molar-refractivity contribution in [3.05, 3.63) is 41.7 Å². The zero-order chi connectivity index (χ0) is 17.9. The number of rotatable bonds is 11. The summed E-state index contributed by atoms with van der Waals surface area (Å²) in [5, 5.41) is 12.3. The van der Waals surface area contributed by atoms with Crippen molar-refractivity contribution in [3.8, 4) is 0 Å². The Morgan fingerprint density at radius 1 is 1.24 bits per heavy atom. The van der Waals surface area contributed by atoms with E-state index < -0.39 is 0 Å². The Kier molecular flexibility index (Phi) is 8.48. The first-order valence-electron chi connectivity index (χ1n) is 8.59. The minimum atomic E-state index is -0.0149. The van der Waals surface area contributed by atoms with E-state index in [1.54, 1.807) is 7.11 Å². The van der Waals surface area contributed by atoms with E-state index in [1.807, 2.05) is 6.07 Å². The number of hydrogen-bond donors (Lipinski definition) is 1. The summed E-state index contributed by atoms with van der Waals surface area (Å²) in [6.45, 7) is 4.05. The van der Waals surface area contributed by atoms with Gasteiger partial charge in [-0.15, -0.1) is 10.2 Å². The molecule has 2 rings (SSSR count). The van der Waals surface area contributed by atoms with Crippen molar-refractivity contribution < 1.29 is 9.53 Å². The second-order valence-electron chi connectivity index (χ2n) is 5.67. The third kappa shape index (κ3) is 6.51. The highest BCUT2D eigenvalue weighted by atomic mass is 32.2. The van der Waals surface area contributed by atoms with Gasteiger partial charge in [-0.2, -0.15) is 0 Å². The Labute approximate surface area is 153 Å². The SMILES string of the molecule is CCCn1c(CCc2ccccc2)nnc1SCC(=O)NCCOC. The van der Waals surface area contributed by atoms with Crippen molar-refractivity contribution in [1.82, 2.24) is 20.1 Å². The number of thioether (sulfide) groups is 1. The average molecular weight is 362 g/mol. The van der Waals surface area contributed by atoms with E-state index >= 15 is 0 Å². The van der Waals surface area contributed by atoms with Crippen LogP contribution in [-0.4, -0.2) is 46.7 Å². The monoisotopic (exact) mass is 362 g/mol. The summed E-state index contributed by atoms with van der Waals surface area (Å²) in [4.78, 5) is 11.8. The molecule has 0 aliphatic rings. The minimum absolute atomic E-state index is 0.0149. The van der Waals surface area contributed by atoms with Gasteiger partial charge >= 0.3 is 0 Å². The van der Waals surface area contributed by atoms with Crippen LogP contribution in [0, 0.1) is 0 Å². The van der Waals surface area contributed by atoms with Crippen molar-refractivity contribution in [2.24, 2.45) is 0 Å². The minimum Gasteiger partial charge on any atom is -0.383 e. The molecule has 25 heavy (non-hydrogen) atoms. The van der Waals surface area contributed by atoms with Crippen molar-refractivity contribution in [2.45, 2.75) is 37.9 Å². The van der Waals surface area contributed by atoms with E-state index in [4.69, 9.17) is 4.74 Å². The van der Waals surface area contributed by atoms with Crippen molar-refractivity contribution in [2.75, 3.05) is 26.0 Å². The molecule has 1 aromatic carbocycles. The van der Waals surface area contributed by atoms with Crippen LogP contribution in [0.4, 0.5) is 0 Å². The Hall–Kier alpha value is -1.86. The predicted octanol–water partition coefficient (Wildman–Crippen LogP) is 2.33. The fourth-order valence-electron chi connectivity index (χ4n) is 2.43. The molecule has 1 aromatic heterocycles. The van der Waals surface area contributed by atoms with Gasteiger partial charge in [0.2, 0.25) is 5.91 Å². The predicted molar refractivity (Wildman–Crippen MR) is 99.8 cm³/mol. The first-order chi connectivity index (χ1) is 12.2. The van der Waals surface area contributed by atoms with Gasteiger partial charge < -0.3 is 14.6 Å². The Balaban J connectivity index is 1.92. The molecule has 0 saturated carbocycles. The first kappa shape index (κ1) is 19.5. The number of ether oxygens (including phenoxy) is 1. The molecule has 6 nitrogen and oxygen atoms in total. The summed E-state index contributed by atoms with van der Waals surface area (Å²) in [6.07, 6.45) is 2.78. The van der Waals surface area contributed by atoms with E-state index in [0.29, 0.717) is 18.9 Å². The second kappa shape index (κ2) is 10.9. The number of nitrogens with zero attached hydrogens (tertiary/aromatic N) is 3. The molecule has 0 atom stereocenters. The lowest BCUT2D eigenvalue weighted by Gasteiger charge is -2.09. The third-order valence-corrected chi connectivity index (χ3v) is 4.65. The lowest BCUT2D eigenvalue weighted by molar-refractivity contribution is -0.118. The Bertz CT molecular complexity index is 646. The van der Waals surface area contributed by atoms with Gasteiger partial charge in [-0.1, -0.05) is 49.0 Å². The zero-order valence-corrected chi connectivity index (χ0v) is 15.7. The van der Waals surface area contributed by atoms with Crippen molar-refractivity contribution in [1.29, 1.82) is 0 Å². The number of aryl methyl sites for hydroxylation is 2. The van der Waals surface area contributed by atoms with Gasteiger partial charge in [0, 0.05) is 26.6 Å². The van der Waals surface area contributed by atoms with E-state index in [1.165, 1.54) is 17.3 Å². The van der Waals surface area contributed by atoms with E-state index in [-0.39, 0.29) is 5.91 Å². The molecular formula is C18H26N4O2S. The second-order valence-corrected chi connectivity index (χ2v) is 6.61. The molecule has 0 aliphatic carbocycles. The summed E-state index contributed by atoms with van der Waals surface area (Å²) in [5.74, 6) is 1.30. The summed E-state index contributed by atoms with van der Waals surface area (Å²) >= 11 is 1.43. The quantitative estimate of drug-likeness (QED) is 0.491. The molecule has 1 N–H and O–H groups in total. The van der Waals surface area contributed by atoms with E-state index in [0.717, 1.165) is 36.8 Å². The fraction of sp³-hybridized carbons (Fsp3) is 0.500. The lowest BCUT2D eigenvalue weighted by Crippen LogP contribution is -2.28. The molecule has 0 saturated heterocycles. The standard InChI is InChI=1S/C18H26N4O2S/c1-3-12-22-16(10-9-15-7-5-4-6-8-15)20-21-18(22)25-14-17(23)19-11-13-24-2/h4-8H,3,9-14H2,1-2H3,(H,19,23). The van der Waals surface area contributed by atoms with Crippen LogP contribution in [-0.2, 0) is 28.9 Å². The topological polar surface area (TPSA) is 69.0 Å². The van der Waals surface area contributed by atoms with Crippen LogP contribution in [0.5, 0.6) is 0 Å². The van der Waals surface area contributed by atoms with E-state index in [2.05, 4.69) is 51.3 Å². The Morgan fingerprint density at radius 2 is 2.04 bits per heavy atom. The summed E-state index contributed by atoms with van der Waals surface area (Å²) in [6, 6.07) is 10.4. The van der Waals surface area contributed by atoms with Crippen LogP contribution >= 0.6 is 11.8 Å². The summed E-state index contributed by atoms with van der Waals surface area (Å²) in [5.41, 5.74) is 1.29. The van der Waals surface area contributed by atoms with Crippen LogP contribution in [0.15, 0.2) is 35.5 Å². The van der Waals surface area contributed by atoms with Gasteiger partial charge in [-0.3, -0.25) is 4.79 Å². The molecule has 136 valence electrons. The largest absolute Gasteiger partial charge is 0.383 e. The number of hydrogen-bond acceptors (Lipinski definition) is 5. The van der Waals surface area contributed by atoms with Crippen LogP contribution < -0.4 is 5.32 Å². The maximum Gasteiger partial charge on any atom is 0.230 e. The normalized spacial score (nSPS) is 10.8. The van der Waals surface area contributed by atoms with Crippen molar-refractivity contribution in [3.63, 3.8) is 0 Å². The zero-order valence-electron chi connectivity index (χ0n) is 14.9. The number of carbonyl (C=O) groups excluding carboxylic acids is 1. The van der Waals surface area contributed by atoms with Gasteiger partial charge in [-0.05, 0) is 18.4 Å². The molecule has 0 aliphatic heterocycles. The van der Waals surface area contributed by atoms with Gasteiger partial charge in [-0.25, -0.2) is 0 Å². The van der Waals surface area contributed by atoms with Crippen LogP contribution in [0.25, 0.3) is 0 Å². The lowest BCUT2D eigenvalue weighted by atomic mass is 10.1. The fourth-order valence-corrected chi connectivity index (χ4v) is 3.25. The average Bonchev–Trinajstić information content (AvgIpc) is 3.01. The molecule has 0 fully saturated rings. The van der Waals surface area contributed by atoms with Crippen LogP contribution in [0.2, 0.25) is 0 Å². The molecule has 0 spiro atoms. The van der Waals surface area contributed by atoms with Crippen LogP contribution in [0.1, 0.15) is 24.7 Å².